The maximum absolute atomic E-state index is 13.7. The zero-order chi connectivity index (χ0) is 29.6. The van der Waals surface area contributed by atoms with E-state index in [2.05, 4.69) is 57.7 Å². The Balaban J connectivity index is 1.34. The molecule has 6 rings (SSSR count). The van der Waals surface area contributed by atoms with Gasteiger partial charge in [0.15, 0.2) is 5.82 Å². The number of likely N-dealkylation sites (tertiary alicyclic amines) is 1. The van der Waals surface area contributed by atoms with E-state index in [0.29, 0.717) is 25.2 Å². The minimum atomic E-state index is -0.950. The summed E-state index contributed by atoms with van der Waals surface area (Å²) in [6.07, 6.45) is 0.555. The standard InChI is InChI=1S/C34H37N5O3/c1-34(2,3)39(33(41)42)26-14-10-18-37(22-26)32(40)25-16-17-29-27(19-25)35-31(36(29)4)30-20-24-13-8-9-15-28(24)38(30)21-23-11-6-5-7-12-23/h5-9,11-13,15-17,19-20,26H,10,14,18,21-22H2,1-4H3,(H,41,42)/t26-/m0/s1. The third-order valence-electron chi connectivity index (χ3n) is 8.33. The molecular weight excluding hydrogens is 526 g/mol. The van der Waals surface area contributed by atoms with Gasteiger partial charge in [0.2, 0.25) is 0 Å². The predicted molar refractivity (Wildman–Crippen MR) is 166 cm³/mol. The summed E-state index contributed by atoms with van der Waals surface area (Å²) < 4.78 is 4.39. The lowest BCUT2D eigenvalue weighted by Gasteiger charge is -2.44. The second-order valence-corrected chi connectivity index (χ2v) is 12.2. The number of hydrogen-bond donors (Lipinski definition) is 1. The highest BCUT2D eigenvalue weighted by atomic mass is 16.4. The van der Waals surface area contributed by atoms with Crippen molar-refractivity contribution in [1.29, 1.82) is 0 Å². The molecule has 8 heteroatoms. The Morgan fingerprint density at radius 1 is 0.976 bits per heavy atom. The van der Waals surface area contributed by atoms with Gasteiger partial charge < -0.3 is 19.1 Å². The molecule has 216 valence electrons. The molecule has 0 radical (unpaired) electrons. The SMILES string of the molecule is Cn1c(-c2cc3ccccc3n2Cc2ccccc2)nc2cc(C(=O)N3CCC[C@H](N(C(=O)O)C(C)(C)C)C3)ccc21. The van der Waals surface area contributed by atoms with E-state index < -0.39 is 11.6 Å². The van der Waals surface area contributed by atoms with Crippen molar-refractivity contribution in [1.82, 2.24) is 23.9 Å². The first-order valence-corrected chi connectivity index (χ1v) is 14.5. The number of carbonyl (C=O) groups excluding carboxylic acids is 1. The van der Waals surface area contributed by atoms with Crippen molar-refractivity contribution < 1.29 is 14.7 Å². The Morgan fingerprint density at radius 2 is 1.71 bits per heavy atom. The van der Waals surface area contributed by atoms with Gasteiger partial charge in [-0.3, -0.25) is 9.69 Å². The lowest BCUT2D eigenvalue weighted by atomic mass is 9.97. The second kappa shape index (κ2) is 10.7. The fourth-order valence-electron chi connectivity index (χ4n) is 6.42. The van der Waals surface area contributed by atoms with Gasteiger partial charge in [-0.15, -0.1) is 0 Å². The van der Waals surface area contributed by atoms with Crippen molar-refractivity contribution in [3.8, 4) is 11.5 Å². The number of rotatable bonds is 5. The minimum absolute atomic E-state index is 0.0914. The van der Waals surface area contributed by atoms with Crippen LogP contribution >= 0.6 is 0 Å². The minimum Gasteiger partial charge on any atom is -0.465 e. The van der Waals surface area contributed by atoms with Crippen molar-refractivity contribution in [2.45, 2.75) is 51.7 Å². The molecule has 0 bridgehead atoms. The largest absolute Gasteiger partial charge is 0.465 e. The van der Waals surface area contributed by atoms with Gasteiger partial charge >= 0.3 is 6.09 Å². The first-order chi connectivity index (χ1) is 20.1. The van der Waals surface area contributed by atoms with Crippen LogP contribution in [0.25, 0.3) is 33.5 Å². The summed E-state index contributed by atoms with van der Waals surface area (Å²) in [6.45, 7) is 7.40. The Hall–Kier alpha value is -4.59. The van der Waals surface area contributed by atoms with Crippen LogP contribution in [0, 0.1) is 0 Å². The van der Waals surface area contributed by atoms with E-state index in [-0.39, 0.29) is 11.9 Å². The van der Waals surface area contributed by atoms with Crippen LogP contribution in [0.2, 0.25) is 0 Å². The molecule has 3 aromatic carbocycles. The number of aromatic nitrogens is 3. The summed E-state index contributed by atoms with van der Waals surface area (Å²) in [5.74, 6) is 0.744. The average molecular weight is 564 g/mol. The van der Waals surface area contributed by atoms with Crippen LogP contribution in [0.1, 0.15) is 49.5 Å². The molecule has 0 spiro atoms. The highest BCUT2D eigenvalue weighted by Gasteiger charge is 2.37. The number of aryl methyl sites for hydroxylation is 1. The predicted octanol–water partition coefficient (Wildman–Crippen LogP) is 6.63. The maximum Gasteiger partial charge on any atom is 0.408 e. The van der Waals surface area contributed by atoms with Gasteiger partial charge in [-0.05, 0) is 69.5 Å². The first kappa shape index (κ1) is 27.6. The van der Waals surface area contributed by atoms with E-state index in [1.807, 2.05) is 58.2 Å². The summed E-state index contributed by atoms with van der Waals surface area (Å²) in [6, 6.07) is 26.4. The van der Waals surface area contributed by atoms with Gasteiger partial charge in [0.25, 0.3) is 5.91 Å². The first-order valence-electron chi connectivity index (χ1n) is 14.5. The Morgan fingerprint density at radius 3 is 2.45 bits per heavy atom. The molecule has 2 amide bonds. The Bertz CT molecular complexity index is 1780. The van der Waals surface area contributed by atoms with Crippen LogP contribution in [0.5, 0.6) is 0 Å². The third kappa shape index (κ3) is 5.02. The molecule has 1 aliphatic rings. The maximum atomic E-state index is 13.7. The van der Waals surface area contributed by atoms with Gasteiger partial charge in [0, 0.05) is 48.7 Å². The normalized spacial score (nSPS) is 15.8. The van der Waals surface area contributed by atoms with Crippen molar-refractivity contribution >= 4 is 33.9 Å². The van der Waals surface area contributed by atoms with Crippen molar-refractivity contribution in [3.63, 3.8) is 0 Å². The van der Waals surface area contributed by atoms with E-state index in [1.165, 1.54) is 10.5 Å². The number of fused-ring (bicyclic) bond motifs is 2. The lowest BCUT2D eigenvalue weighted by Crippen LogP contribution is -2.57. The highest BCUT2D eigenvalue weighted by Crippen LogP contribution is 2.32. The number of piperidine rings is 1. The smallest absolute Gasteiger partial charge is 0.408 e. The number of para-hydroxylation sites is 1. The Kier molecular flexibility index (Phi) is 7.01. The van der Waals surface area contributed by atoms with E-state index in [4.69, 9.17) is 4.98 Å². The quantitative estimate of drug-likeness (QED) is 0.260. The number of amides is 2. The average Bonchev–Trinajstić information content (AvgIpc) is 3.49. The zero-order valence-electron chi connectivity index (χ0n) is 24.6. The highest BCUT2D eigenvalue weighted by molar-refractivity contribution is 5.98. The van der Waals surface area contributed by atoms with E-state index in [1.54, 1.807) is 4.90 Å². The Labute approximate surface area is 245 Å². The monoisotopic (exact) mass is 563 g/mol. The number of imidazole rings is 1. The number of carboxylic acid groups (broad SMARTS) is 1. The second-order valence-electron chi connectivity index (χ2n) is 12.2. The van der Waals surface area contributed by atoms with Crippen molar-refractivity contribution in [2.75, 3.05) is 13.1 Å². The van der Waals surface area contributed by atoms with Crippen molar-refractivity contribution in [2.24, 2.45) is 7.05 Å². The van der Waals surface area contributed by atoms with E-state index in [9.17, 15) is 14.7 Å². The topological polar surface area (TPSA) is 83.6 Å². The molecule has 1 aliphatic heterocycles. The molecule has 8 nitrogen and oxygen atoms in total. The molecule has 1 N–H and O–H groups in total. The fourth-order valence-corrected chi connectivity index (χ4v) is 6.42. The van der Waals surface area contributed by atoms with E-state index >= 15 is 0 Å². The molecule has 1 saturated heterocycles. The molecular formula is C34H37N5O3. The van der Waals surface area contributed by atoms with Crippen molar-refractivity contribution in [3.05, 3.63) is 90.0 Å². The van der Waals surface area contributed by atoms with Crippen LogP contribution in [-0.4, -0.2) is 65.7 Å². The number of nitrogens with zero attached hydrogens (tertiary/aromatic N) is 5. The third-order valence-corrected chi connectivity index (χ3v) is 8.33. The summed E-state index contributed by atoms with van der Waals surface area (Å²) in [4.78, 5) is 34.1. The van der Waals surface area contributed by atoms with Gasteiger partial charge in [-0.25, -0.2) is 9.78 Å². The van der Waals surface area contributed by atoms with Gasteiger partial charge in [-0.2, -0.15) is 0 Å². The molecule has 0 saturated carbocycles. The molecule has 3 heterocycles. The summed E-state index contributed by atoms with van der Waals surface area (Å²) >= 11 is 0. The van der Waals surface area contributed by atoms with Crippen LogP contribution in [0.4, 0.5) is 4.79 Å². The molecule has 5 aromatic rings. The van der Waals surface area contributed by atoms with Crippen LogP contribution in [-0.2, 0) is 13.6 Å². The molecule has 0 aliphatic carbocycles. The van der Waals surface area contributed by atoms with Crippen LogP contribution in [0.3, 0.4) is 0 Å². The van der Waals surface area contributed by atoms with Gasteiger partial charge in [-0.1, -0.05) is 48.5 Å². The van der Waals surface area contributed by atoms with Crippen LogP contribution in [0.15, 0.2) is 78.9 Å². The number of hydrogen-bond acceptors (Lipinski definition) is 3. The zero-order valence-corrected chi connectivity index (χ0v) is 24.6. The van der Waals surface area contributed by atoms with Crippen LogP contribution < -0.4 is 0 Å². The molecule has 1 atom stereocenters. The summed E-state index contributed by atoms with van der Waals surface area (Å²) in [5.41, 5.74) is 5.08. The number of benzene rings is 3. The number of carbonyl (C=O) groups is 2. The van der Waals surface area contributed by atoms with Gasteiger partial charge in [0.1, 0.15) is 0 Å². The lowest BCUT2D eigenvalue weighted by molar-refractivity contribution is 0.0315. The molecule has 42 heavy (non-hydrogen) atoms. The molecule has 1 fully saturated rings. The molecule has 2 aromatic heterocycles. The summed E-state index contributed by atoms with van der Waals surface area (Å²) in [7, 11) is 2.01. The van der Waals surface area contributed by atoms with E-state index in [0.717, 1.165) is 46.3 Å². The summed E-state index contributed by atoms with van der Waals surface area (Å²) in [5, 5.41) is 11.1. The van der Waals surface area contributed by atoms with Gasteiger partial charge in [0.05, 0.1) is 22.8 Å². The molecule has 0 unspecified atom stereocenters. The fraction of sp³-hybridized carbons (Fsp3) is 0.324.